The van der Waals surface area contributed by atoms with Gasteiger partial charge in [-0.05, 0) is 49.6 Å². The number of amides is 2. The van der Waals surface area contributed by atoms with Gasteiger partial charge in [-0.15, -0.1) is 5.73 Å². The molecule has 0 aromatic carbocycles. The Morgan fingerprint density at radius 2 is 1.85 bits per heavy atom. The number of aryl methyl sites for hydroxylation is 1. The van der Waals surface area contributed by atoms with Crippen molar-refractivity contribution in [3.8, 4) is 0 Å². The van der Waals surface area contributed by atoms with Crippen molar-refractivity contribution in [2.24, 2.45) is 5.92 Å². The van der Waals surface area contributed by atoms with E-state index in [-0.39, 0.29) is 27.1 Å². The Morgan fingerprint density at radius 1 is 1.19 bits per heavy atom. The lowest BCUT2D eigenvalue weighted by molar-refractivity contribution is -0.119. The molecule has 2 amide bonds. The zero-order chi connectivity index (χ0) is 35.9. The molecule has 260 valence electrons. The third-order valence-electron chi connectivity index (χ3n) is 6.24. The van der Waals surface area contributed by atoms with Crippen molar-refractivity contribution in [3.05, 3.63) is 109 Å². The maximum absolute atomic E-state index is 12.4. The maximum Gasteiger partial charge on any atom is 0.238 e. The molecule has 0 saturated carbocycles. The summed E-state index contributed by atoms with van der Waals surface area (Å²) in [6.07, 6.45) is 18.1. The van der Waals surface area contributed by atoms with E-state index in [0.29, 0.717) is 42.5 Å². The number of hydrogen-bond acceptors (Lipinski definition) is 6. The molecule has 9 nitrogen and oxygen atoms in total. The second kappa shape index (κ2) is 23.6. The standard InChI is InChI=1S/C19H28N6O2.C16H21N.C3H8.2H2/c1-5-6-25-8-7-24(11-17(25)20)12-18(26)22-15-9-16(14(4)21-10-15)23-19(27)13(2)3;1-7-10-11-16(12-14(4)8-2)15(9-3)13-17(5)6;1-3-2;;/h5-6,9-10,13,20H,7-8,11-12H2,1-4H3,(H,22,26)(H,23,27);7,9-13H,1-3H2,4-6H3;3H2,1-2H3;2*1H/b6-5+,20-17?;11-10-,15-13+,16-12+;;;. The largest absolute Gasteiger partial charge is 0.383 e. The number of rotatable bonds is 12. The molecule has 1 saturated heterocycles. The van der Waals surface area contributed by atoms with Crippen molar-refractivity contribution in [1.29, 1.82) is 5.41 Å². The van der Waals surface area contributed by atoms with Crippen LogP contribution in [-0.2, 0) is 9.59 Å². The highest BCUT2D eigenvalue weighted by Crippen LogP contribution is 2.19. The first-order chi connectivity index (χ1) is 22.3. The van der Waals surface area contributed by atoms with Gasteiger partial charge in [-0.1, -0.05) is 84.2 Å². The van der Waals surface area contributed by atoms with Crippen molar-refractivity contribution < 1.29 is 12.4 Å². The maximum atomic E-state index is 12.4. The van der Waals surface area contributed by atoms with Gasteiger partial charge < -0.3 is 20.4 Å². The minimum absolute atomic E-state index is 0. The number of amidine groups is 1. The highest BCUT2D eigenvalue weighted by atomic mass is 16.2. The van der Waals surface area contributed by atoms with E-state index in [0.717, 1.165) is 16.7 Å². The minimum Gasteiger partial charge on any atom is -0.383 e. The van der Waals surface area contributed by atoms with Crippen LogP contribution in [0.3, 0.4) is 0 Å². The summed E-state index contributed by atoms with van der Waals surface area (Å²) in [5.74, 6) is 0.0667. The molecule has 0 unspecified atom stereocenters. The van der Waals surface area contributed by atoms with Gasteiger partial charge in [0, 0.05) is 48.4 Å². The van der Waals surface area contributed by atoms with Crippen molar-refractivity contribution in [1.82, 2.24) is 19.7 Å². The lowest BCUT2D eigenvalue weighted by atomic mass is 10.0. The Bertz CT molecular complexity index is 1390. The SMILES string of the molecule is C/C=C/N1CCN(CC(=O)Nc2cnc(C)c(NC(=O)C(C)C)c2)CC1=N.C=C=C(C)/C=C(\C=C/C=C)C(/C=C)=C/N(C)C.CCC.[HH].[HH]. The zero-order valence-corrected chi connectivity index (χ0v) is 30.1. The second-order valence-corrected chi connectivity index (χ2v) is 11.4. The molecule has 47 heavy (non-hydrogen) atoms. The molecule has 0 radical (unpaired) electrons. The summed E-state index contributed by atoms with van der Waals surface area (Å²) < 4.78 is 0. The Kier molecular flexibility index (Phi) is 21.2. The monoisotopic (exact) mass is 647 g/mol. The molecule has 3 N–H and O–H groups in total. The van der Waals surface area contributed by atoms with Crippen LogP contribution in [0.1, 0.15) is 56.5 Å². The zero-order valence-electron chi connectivity index (χ0n) is 30.1. The van der Waals surface area contributed by atoms with Gasteiger partial charge >= 0.3 is 0 Å². The van der Waals surface area contributed by atoms with Crippen LogP contribution in [0.2, 0.25) is 0 Å². The Morgan fingerprint density at radius 3 is 2.36 bits per heavy atom. The second-order valence-electron chi connectivity index (χ2n) is 11.4. The lowest BCUT2D eigenvalue weighted by Gasteiger charge is -2.33. The number of allylic oxidation sites excluding steroid dienone is 9. The van der Waals surface area contributed by atoms with Gasteiger partial charge in [0.25, 0.3) is 0 Å². The van der Waals surface area contributed by atoms with E-state index >= 15 is 0 Å². The molecule has 1 fully saturated rings. The predicted octanol–water partition coefficient (Wildman–Crippen LogP) is 7.98. The fraction of sp³-hybridized carbons (Fsp3) is 0.395. The van der Waals surface area contributed by atoms with Crippen LogP contribution in [0.15, 0.2) is 103 Å². The summed E-state index contributed by atoms with van der Waals surface area (Å²) in [5, 5.41) is 13.7. The first-order valence-electron chi connectivity index (χ1n) is 15.9. The van der Waals surface area contributed by atoms with E-state index in [4.69, 9.17) is 5.41 Å². The molecular weight excluding hydrogens is 586 g/mol. The molecule has 9 heteroatoms. The minimum atomic E-state index is -0.172. The van der Waals surface area contributed by atoms with E-state index < -0.39 is 0 Å². The van der Waals surface area contributed by atoms with Crippen LogP contribution < -0.4 is 10.6 Å². The molecule has 2 rings (SSSR count). The smallest absolute Gasteiger partial charge is 0.238 e. The number of carbonyl (C=O) groups excluding carboxylic acids is 2. The summed E-state index contributed by atoms with van der Waals surface area (Å²) in [4.78, 5) is 34.3. The van der Waals surface area contributed by atoms with Gasteiger partial charge in [-0.3, -0.25) is 24.9 Å². The van der Waals surface area contributed by atoms with Crippen LogP contribution in [0.25, 0.3) is 0 Å². The summed E-state index contributed by atoms with van der Waals surface area (Å²) in [6.45, 7) is 26.7. The molecular formula is C38H61N7O2. The molecule has 0 atom stereocenters. The van der Waals surface area contributed by atoms with Crippen LogP contribution >= 0.6 is 0 Å². The van der Waals surface area contributed by atoms with Gasteiger partial charge in [0.2, 0.25) is 11.8 Å². The summed E-state index contributed by atoms with van der Waals surface area (Å²) in [7, 11) is 3.96. The fourth-order valence-corrected chi connectivity index (χ4v) is 3.86. The van der Waals surface area contributed by atoms with Gasteiger partial charge in [-0.25, -0.2) is 0 Å². The van der Waals surface area contributed by atoms with Crippen molar-refractivity contribution in [3.63, 3.8) is 0 Å². The van der Waals surface area contributed by atoms with E-state index in [1.165, 1.54) is 6.42 Å². The molecule has 0 bridgehead atoms. The average molecular weight is 648 g/mol. The van der Waals surface area contributed by atoms with Gasteiger partial charge in [0.1, 0.15) is 5.84 Å². The Hall–Kier alpha value is -4.72. The number of pyridine rings is 1. The topological polar surface area (TPSA) is 105 Å². The summed E-state index contributed by atoms with van der Waals surface area (Å²) >= 11 is 0. The van der Waals surface area contributed by atoms with Crippen LogP contribution in [-0.4, -0.2) is 77.6 Å². The lowest BCUT2D eigenvalue weighted by Crippen LogP contribution is -2.49. The first kappa shape index (κ1) is 42.3. The summed E-state index contributed by atoms with van der Waals surface area (Å²) in [5.41, 5.74) is 7.76. The molecule has 1 aliphatic rings. The van der Waals surface area contributed by atoms with E-state index in [1.807, 2.05) is 99.3 Å². The van der Waals surface area contributed by atoms with E-state index in [1.54, 1.807) is 25.3 Å². The fourth-order valence-electron chi connectivity index (χ4n) is 3.86. The van der Waals surface area contributed by atoms with E-state index in [9.17, 15) is 9.59 Å². The summed E-state index contributed by atoms with van der Waals surface area (Å²) in [6, 6.07) is 1.71. The molecule has 1 aliphatic heterocycles. The third kappa shape index (κ3) is 17.5. The van der Waals surface area contributed by atoms with Crippen molar-refractivity contribution in [2.75, 3.05) is 50.9 Å². The van der Waals surface area contributed by atoms with Gasteiger partial charge in [0.15, 0.2) is 0 Å². The van der Waals surface area contributed by atoms with Crippen molar-refractivity contribution >= 4 is 29.0 Å². The van der Waals surface area contributed by atoms with Crippen LogP contribution in [0.5, 0.6) is 0 Å². The Labute approximate surface area is 287 Å². The van der Waals surface area contributed by atoms with Crippen LogP contribution in [0, 0.1) is 18.3 Å². The normalized spacial score (nSPS) is 13.7. The van der Waals surface area contributed by atoms with Crippen LogP contribution in [0.4, 0.5) is 11.4 Å². The number of hydrogen-bond donors (Lipinski definition) is 3. The number of nitrogens with one attached hydrogen (secondary N) is 3. The molecule has 2 heterocycles. The number of piperazine rings is 1. The number of nitrogens with zero attached hydrogens (tertiary/aromatic N) is 4. The van der Waals surface area contributed by atoms with Gasteiger partial charge in [0.05, 0.1) is 36.4 Å². The molecule has 1 aromatic rings. The van der Waals surface area contributed by atoms with E-state index in [2.05, 4.69) is 54.9 Å². The highest BCUT2D eigenvalue weighted by molar-refractivity contribution is 5.96. The first-order valence-corrected chi connectivity index (χ1v) is 15.9. The third-order valence-corrected chi connectivity index (χ3v) is 6.24. The predicted molar refractivity (Wildman–Crippen MR) is 205 cm³/mol. The number of carbonyl (C=O) groups is 2. The molecule has 0 aliphatic carbocycles. The molecule has 0 spiro atoms. The van der Waals surface area contributed by atoms with Gasteiger partial charge in [-0.2, -0.15) is 0 Å². The number of anilines is 2. The quantitative estimate of drug-likeness (QED) is 0.157. The molecule has 1 aromatic heterocycles. The average Bonchev–Trinajstić information content (AvgIpc) is 3.01. The highest BCUT2D eigenvalue weighted by Gasteiger charge is 2.21. The number of aromatic nitrogens is 1. The van der Waals surface area contributed by atoms with Crippen molar-refractivity contribution in [2.45, 2.75) is 54.9 Å². The Balaban J connectivity index is -0.000000835.